The van der Waals surface area contributed by atoms with Crippen LogP contribution in [0.15, 0.2) is 5.18 Å². The summed E-state index contributed by atoms with van der Waals surface area (Å²) >= 11 is 0. The molecule has 2 unspecified atom stereocenters. The van der Waals surface area contributed by atoms with Crippen molar-refractivity contribution < 1.29 is 17.6 Å². The summed E-state index contributed by atoms with van der Waals surface area (Å²) in [6.45, 7) is 0.359. The minimum atomic E-state index is -4.46. The topological polar surface area (TPSA) is 29.4 Å². The lowest BCUT2D eigenvalue weighted by molar-refractivity contribution is -0.174. The molecule has 0 heterocycles. The van der Waals surface area contributed by atoms with Gasteiger partial charge in [0.15, 0.2) is 0 Å². The minimum Gasteiger partial charge on any atom is -0.248 e. The molecule has 2 nitrogen and oxygen atoms in total. The van der Waals surface area contributed by atoms with E-state index in [2.05, 4.69) is 5.18 Å². The van der Waals surface area contributed by atoms with Gasteiger partial charge in [-0.2, -0.15) is 18.1 Å². The average Bonchev–Trinajstić information content (AvgIpc) is 1.95. The van der Waals surface area contributed by atoms with Crippen LogP contribution in [0.25, 0.3) is 0 Å². The number of hydrogen-bond donors (Lipinski definition) is 0. The van der Waals surface area contributed by atoms with Crippen LogP contribution in [0.5, 0.6) is 0 Å². The van der Waals surface area contributed by atoms with Gasteiger partial charge in [-0.25, -0.2) is 4.39 Å². The monoisotopic (exact) mass is 201 g/mol. The zero-order valence-corrected chi connectivity index (χ0v) is 7.14. The van der Waals surface area contributed by atoms with Crippen LogP contribution in [0, 0.1) is 10.8 Å². The maximum atomic E-state index is 12.2. The fourth-order valence-corrected chi connectivity index (χ4v) is 0.879. The summed E-state index contributed by atoms with van der Waals surface area (Å²) in [4.78, 5) is 9.66. The predicted molar refractivity (Wildman–Crippen MR) is 40.0 cm³/mol. The van der Waals surface area contributed by atoms with E-state index < -0.39 is 24.8 Å². The molecule has 0 rings (SSSR count). The van der Waals surface area contributed by atoms with E-state index in [9.17, 15) is 22.5 Å². The van der Waals surface area contributed by atoms with Crippen LogP contribution in [0.1, 0.15) is 19.8 Å². The molecule has 0 bridgehead atoms. The first-order valence-electron chi connectivity index (χ1n) is 3.87. The van der Waals surface area contributed by atoms with E-state index >= 15 is 0 Å². The van der Waals surface area contributed by atoms with Gasteiger partial charge in [-0.05, 0) is 19.8 Å². The van der Waals surface area contributed by atoms with E-state index in [0.717, 1.165) is 0 Å². The van der Waals surface area contributed by atoms with Gasteiger partial charge in [0.25, 0.3) is 0 Å². The molecule has 0 aromatic rings. The molecule has 0 aliphatic heterocycles. The highest BCUT2D eigenvalue weighted by atomic mass is 19.4. The predicted octanol–water partition coefficient (Wildman–Crippen LogP) is 3.07. The number of nitrogens with zero attached hydrogens (tertiary/aromatic N) is 1. The number of alkyl halides is 4. The summed E-state index contributed by atoms with van der Waals surface area (Å²) in [5.41, 5.74) is 0. The Labute approximate surface area is 73.3 Å². The lowest BCUT2D eigenvalue weighted by Crippen LogP contribution is -2.26. The summed E-state index contributed by atoms with van der Waals surface area (Å²) in [5.74, 6) is -1.80. The zero-order chi connectivity index (χ0) is 10.5. The van der Waals surface area contributed by atoms with Crippen LogP contribution in [0.4, 0.5) is 17.6 Å². The molecule has 0 radical (unpaired) electrons. The molecule has 0 saturated heterocycles. The lowest BCUT2D eigenvalue weighted by Gasteiger charge is -2.17. The Balaban J connectivity index is 4.02. The first-order valence-corrected chi connectivity index (χ1v) is 3.87. The number of rotatable bonds is 5. The highest BCUT2D eigenvalue weighted by molar-refractivity contribution is 4.71. The van der Waals surface area contributed by atoms with E-state index in [1.807, 2.05) is 0 Å². The second kappa shape index (κ2) is 5.14. The van der Waals surface area contributed by atoms with E-state index in [1.165, 1.54) is 6.92 Å². The summed E-state index contributed by atoms with van der Waals surface area (Å²) < 4.78 is 48.3. The molecule has 0 spiro atoms. The zero-order valence-electron chi connectivity index (χ0n) is 7.14. The Kier molecular flexibility index (Phi) is 4.87. The molecule has 0 aromatic carbocycles. The van der Waals surface area contributed by atoms with Crippen LogP contribution in [-0.4, -0.2) is 18.9 Å². The van der Waals surface area contributed by atoms with Crippen LogP contribution in [0.3, 0.4) is 0 Å². The molecule has 78 valence electrons. The standard InChI is InChI=1S/C7H11F4NO/c1-5(8)2-3-6(4-12-13)7(9,10)11/h5-6H,2-4H2,1H3. The van der Waals surface area contributed by atoms with E-state index in [-0.39, 0.29) is 12.8 Å². The van der Waals surface area contributed by atoms with Gasteiger partial charge in [0.2, 0.25) is 0 Å². The Bertz CT molecular complexity index is 157. The van der Waals surface area contributed by atoms with Crippen molar-refractivity contribution in [3.05, 3.63) is 4.91 Å². The average molecular weight is 201 g/mol. The van der Waals surface area contributed by atoms with Crippen molar-refractivity contribution in [3.63, 3.8) is 0 Å². The fourth-order valence-electron chi connectivity index (χ4n) is 0.879. The highest BCUT2D eigenvalue weighted by Gasteiger charge is 2.39. The van der Waals surface area contributed by atoms with Crippen molar-refractivity contribution in [2.24, 2.45) is 11.1 Å². The summed E-state index contributed by atoms with van der Waals surface area (Å²) in [5, 5.41) is 2.19. The maximum Gasteiger partial charge on any atom is 0.393 e. The van der Waals surface area contributed by atoms with Crippen molar-refractivity contribution in [1.29, 1.82) is 0 Å². The van der Waals surface area contributed by atoms with Crippen molar-refractivity contribution in [3.8, 4) is 0 Å². The van der Waals surface area contributed by atoms with E-state index in [4.69, 9.17) is 0 Å². The third-order valence-electron chi connectivity index (χ3n) is 1.67. The summed E-state index contributed by atoms with van der Waals surface area (Å²) in [6.07, 6.45) is -6.31. The van der Waals surface area contributed by atoms with Gasteiger partial charge in [-0.1, -0.05) is 5.18 Å². The van der Waals surface area contributed by atoms with E-state index in [0.29, 0.717) is 0 Å². The molecule has 2 atom stereocenters. The second-order valence-electron chi connectivity index (χ2n) is 2.91. The largest absolute Gasteiger partial charge is 0.393 e. The van der Waals surface area contributed by atoms with Gasteiger partial charge in [-0.15, -0.1) is 0 Å². The molecule has 0 aliphatic rings. The molecule has 0 aromatic heterocycles. The molecule has 0 amide bonds. The third kappa shape index (κ3) is 5.54. The van der Waals surface area contributed by atoms with Gasteiger partial charge in [0.05, 0.1) is 18.6 Å². The minimum absolute atomic E-state index is 0.195. The van der Waals surface area contributed by atoms with Gasteiger partial charge < -0.3 is 0 Å². The molecule has 0 saturated carbocycles. The molecule has 6 heteroatoms. The van der Waals surface area contributed by atoms with Gasteiger partial charge >= 0.3 is 6.18 Å². The molecular weight excluding hydrogens is 190 g/mol. The highest BCUT2D eigenvalue weighted by Crippen LogP contribution is 2.30. The normalized spacial score (nSPS) is 16.7. The van der Waals surface area contributed by atoms with Crippen LogP contribution >= 0.6 is 0 Å². The molecule has 0 N–H and O–H groups in total. The number of nitroso groups, excluding NO2 is 1. The van der Waals surface area contributed by atoms with Crippen LogP contribution < -0.4 is 0 Å². The second-order valence-corrected chi connectivity index (χ2v) is 2.91. The quantitative estimate of drug-likeness (QED) is 0.496. The Morgan fingerprint density at radius 1 is 1.31 bits per heavy atom. The third-order valence-corrected chi connectivity index (χ3v) is 1.67. The molecular formula is C7H11F4NO. The van der Waals surface area contributed by atoms with Crippen molar-refractivity contribution in [2.75, 3.05) is 6.54 Å². The summed E-state index contributed by atoms with van der Waals surface area (Å²) in [6, 6.07) is 0. The SMILES string of the molecule is CC(F)CCC(CN=O)C(F)(F)F. The van der Waals surface area contributed by atoms with Crippen molar-refractivity contribution in [2.45, 2.75) is 32.1 Å². The first-order chi connectivity index (χ1) is 5.88. The number of hydrogen-bond acceptors (Lipinski definition) is 2. The van der Waals surface area contributed by atoms with Gasteiger partial charge in [0.1, 0.15) is 0 Å². The first kappa shape index (κ1) is 12.3. The maximum absolute atomic E-state index is 12.2. The summed E-state index contributed by atoms with van der Waals surface area (Å²) in [7, 11) is 0. The molecule has 13 heavy (non-hydrogen) atoms. The lowest BCUT2D eigenvalue weighted by atomic mass is 10.0. The number of halogens is 4. The smallest absolute Gasteiger partial charge is 0.248 e. The van der Waals surface area contributed by atoms with Crippen molar-refractivity contribution in [1.82, 2.24) is 0 Å². The van der Waals surface area contributed by atoms with Crippen molar-refractivity contribution >= 4 is 0 Å². The van der Waals surface area contributed by atoms with Gasteiger partial charge in [0, 0.05) is 0 Å². The van der Waals surface area contributed by atoms with Crippen LogP contribution in [-0.2, 0) is 0 Å². The van der Waals surface area contributed by atoms with E-state index in [1.54, 1.807) is 0 Å². The van der Waals surface area contributed by atoms with Crippen LogP contribution in [0.2, 0.25) is 0 Å². The fraction of sp³-hybridized carbons (Fsp3) is 1.00. The molecule has 0 fully saturated rings. The van der Waals surface area contributed by atoms with Gasteiger partial charge in [-0.3, -0.25) is 0 Å². The Morgan fingerprint density at radius 3 is 2.15 bits per heavy atom. The molecule has 0 aliphatic carbocycles. The Morgan fingerprint density at radius 2 is 1.85 bits per heavy atom. The Hall–Kier alpha value is -0.680.